The fraction of sp³-hybridized carbons (Fsp3) is 0.111. The van der Waals surface area contributed by atoms with Crippen molar-refractivity contribution in [3.63, 3.8) is 0 Å². The molecule has 0 saturated carbocycles. The predicted octanol–water partition coefficient (Wildman–Crippen LogP) is 2.14. The van der Waals surface area contributed by atoms with Gasteiger partial charge in [0, 0.05) is 4.47 Å². The molecule has 14 heavy (non-hydrogen) atoms. The van der Waals surface area contributed by atoms with E-state index in [9.17, 15) is 4.79 Å². The zero-order valence-electron chi connectivity index (χ0n) is 7.53. The maximum Gasteiger partial charge on any atom is 0.427 e. The molecular weight excluding hydrogens is 248 g/mol. The Bertz CT molecular complexity index is 352. The first-order valence-electron chi connectivity index (χ1n) is 3.85. The predicted molar refractivity (Wildman–Crippen MR) is 57.3 cm³/mol. The van der Waals surface area contributed by atoms with Gasteiger partial charge in [-0.05, 0) is 17.7 Å². The van der Waals surface area contributed by atoms with E-state index in [2.05, 4.69) is 31.2 Å². The molecular formula is C9H9BrN2O2. The van der Waals surface area contributed by atoms with Crippen LogP contribution in [0.4, 0.5) is 4.79 Å². The molecule has 5 heteroatoms. The first-order chi connectivity index (χ1) is 6.72. The Balaban J connectivity index is 2.56. The van der Waals surface area contributed by atoms with Crippen molar-refractivity contribution in [2.45, 2.75) is 0 Å². The van der Waals surface area contributed by atoms with Gasteiger partial charge in [-0.15, -0.1) is 0 Å². The third-order valence-corrected chi connectivity index (χ3v) is 1.90. The molecule has 0 aliphatic rings. The van der Waals surface area contributed by atoms with Gasteiger partial charge in [0.25, 0.3) is 0 Å². The van der Waals surface area contributed by atoms with E-state index in [1.165, 1.54) is 13.3 Å². The number of nitrogens with zero attached hydrogens (tertiary/aromatic N) is 1. The number of amides is 1. The van der Waals surface area contributed by atoms with E-state index in [0.29, 0.717) is 0 Å². The Labute approximate surface area is 90.1 Å². The summed E-state index contributed by atoms with van der Waals surface area (Å²) in [4.78, 5) is 10.6. The number of ether oxygens (including phenoxy) is 1. The second-order valence-corrected chi connectivity index (χ2v) is 3.33. The van der Waals surface area contributed by atoms with Gasteiger partial charge < -0.3 is 4.74 Å². The lowest BCUT2D eigenvalue weighted by Gasteiger charge is -1.96. The van der Waals surface area contributed by atoms with Gasteiger partial charge in [0.05, 0.1) is 13.3 Å². The molecule has 0 spiro atoms. The average molecular weight is 257 g/mol. The molecule has 0 radical (unpaired) electrons. The van der Waals surface area contributed by atoms with Crippen molar-refractivity contribution in [1.29, 1.82) is 0 Å². The molecule has 1 aromatic carbocycles. The zero-order valence-corrected chi connectivity index (χ0v) is 9.11. The molecule has 0 bridgehead atoms. The highest BCUT2D eigenvalue weighted by atomic mass is 79.9. The molecule has 74 valence electrons. The van der Waals surface area contributed by atoms with E-state index in [1.54, 1.807) is 0 Å². The number of nitrogens with one attached hydrogen (secondary N) is 1. The summed E-state index contributed by atoms with van der Waals surface area (Å²) in [5, 5.41) is 3.68. The fourth-order valence-electron chi connectivity index (χ4n) is 0.792. The summed E-state index contributed by atoms with van der Waals surface area (Å²) >= 11 is 3.32. The Morgan fingerprint density at radius 2 is 2.43 bits per heavy atom. The lowest BCUT2D eigenvalue weighted by Crippen LogP contribution is -2.16. The first-order valence-corrected chi connectivity index (χ1v) is 4.64. The highest BCUT2D eigenvalue weighted by Gasteiger charge is 1.93. The van der Waals surface area contributed by atoms with Crippen LogP contribution in [-0.4, -0.2) is 19.4 Å². The highest BCUT2D eigenvalue weighted by Crippen LogP contribution is 2.09. The Morgan fingerprint density at radius 1 is 1.64 bits per heavy atom. The zero-order chi connectivity index (χ0) is 10.4. The van der Waals surface area contributed by atoms with Gasteiger partial charge in [-0.25, -0.2) is 10.2 Å². The van der Waals surface area contributed by atoms with Gasteiger partial charge in [0.2, 0.25) is 0 Å². The van der Waals surface area contributed by atoms with Gasteiger partial charge in [0.1, 0.15) is 0 Å². The molecule has 1 aromatic rings. The van der Waals surface area contributed by atoms with Gasteiger partial charge in [-0.3, -0.25) is 0 Å². The van der Waals surface area contributed by atoms with E-state index in [-0.39, 0.29) is 0 Å². The average Bonchev–Trinajstić information content (AvgIpc) is 2.17. The maximum absolute atomic E-state index is 10.6. The lowest BCUT2D eigenvalue weighted by molar-refractivity contribution is 0.171. The van der Waals surface area contributed by atoms with Crippen molar-refractivity contribution in [1.82, 2.24) is 5.43 Å². The van der Waals surface area contributed by atoms with Gasteiger partial charge in [-0.1, -0.05) is 28.1 Å². The largest absolute Gasteiger partial charge is 0.452 e. The number of hydrogen-bond acceptors (Lipinski definition) is 3. The van der Waals surface area contributed by atoms with E-state index in [0.717, 1.165) is 10.0 Å². The minimum absolute atomic E-state index is 0.587. The molecule has 0 fully saturated rings. The Kier molecular flexibility index (Phi) is 4.12. The van der Waals surface area contributed by atoms with Crippen molar-refractivity contribution in [2.75, 3.05) is 7.11 Å². The fourth-order valence-corrected chi connectivity index (χ4v) is 1.21. The molecule has 0 atom stereocenters. The van der Waals surface area contributed by atoms with Crippen LogP contribution in [0.15, 0.2) is 33.8 Å². The van der Waals surface area contributed by atoms with E-state index in [1.807, 2.05) is 24.3 Å². The van der Waals surface area contributed by atoms with E-state index >= 15 is 0 Å². The third kappa shape index (κ3) is 3.57. The van der Waals surface area contributed by atoms with Crippen LogP contribution in [0.3, 0.4) is 0 Å². The van der Waals surface area contributed by atoms with Crippen LogP contribution in [0.1, 0.15) is 5.56 Å². The Morgan fingerprint density at radius 3 is 3.07 bits per heavy atom. The van der Waals surface area contributed by atoms with Gasteiger partial charge in [0.15, 0.2) is 0 Å². The normalized spacial score (nSPS) is 10.1. The van der Waals surface area contributed by atoms with E-state index in [4.69, 9.17) is 0 Å². The summed E-state index contributed by atoms with van der Waals surface area (Å²) in [5.74, 6) is 0. The lowest BCUT2D eigenvalue weighted by atomic mass is 10.2. The summed E-state index contributed by atoms with van der Waals surface area (Å²) in [6.45, 7) is 0. The number of methoxy groups -OCH3 is 1. The van der Waals surface area contributed by atoms with Crippen LogP contribution < -0.4 is 5.43 Å². The molecule has 0 heterocycles. The van der Waals surface area contributed by atoms with Crippen molar-refractivity contribution in [3.05, 3.63) is 34.3 Å². The number of hydrazone groups is 1. The maximum atomic E-state index is 10.6. The quantitative estimate of drug-likeness (QED) is 0.651. The van der Waals surface area contributed by atoms with Crippen molar-refractivity contribution in [2.24, 2.45) is 5.10 Å². The molecule has 0 aliphatic carbocycles. The number of benzene rings is 1. The minimum Gasteiger partial charge on any atom is -0.452 e. The summed E-state index contributed by atoms with van der Waals surface area (Å²) < 4.78 is 5.30. The van der Waals surface area contributed by atoms with Crippen LogP contribution in [0, 0.1) is 0 Å². The standard InChI is InChI=1S/C9H9BrN2O2/c1-14-9(13)12-11-6-7-3-2-4-8(10)5-7/h2-6H,1H3,(H,12,13)/b11-6-. The minimum atomic E-state index is -0.587. The van der Waals surface area contributed by atoms with Crippen LogP contribution >= 0.6 is 15.9 Å². The monoisotopic (exact) mass is 256 g/mol. The SMILES string of the molecule is COC(=O)N/N=C\c1cccc(Br)c1. The molecule has 1 amide bonds. The molecule has 0 aromatic heterocycles. The Hall–Kier alpha value is -1.36. The highest BCUT2D eigenvalue weighted by molar-refractivity contribution is 9.10. The molecule has 4 nitrogen and oxygen atoms in total. The summed E-state index contributed by atoms with van der Waals surface area (Å²) in [7, 11) is 1.28. The van der Waals surface area contributed by atoms with Gasteiger partial charge >= 0.3 is 6.09 Å². The van der Waals surface area contributed by atoms with Crippen LogP contribution in [0.5, 0.6) is 0 Å². The summed E-state index contributed by atoms with van der Waals surface area (Å²) in [6, 6.07) is 7.53. The molecule has 0 unspecified atom stereocenters. The second-order valence-electron chi connectivity index (χ2n) is 2.42. The number of carbonyl (C=O) groups is 1. The van der Waals surface area contributed by atoms with Crippen LogP contribution in [0.2, 0.25) is 0 Å². The number of rotatable bonds is 2. The van der Waals surface area contributed by atoms with Crippen molar-refractivity contribution >= 4 is 28.2 Å². The molecule has 0 saturated heterocycles. The topological polar surface area (TPSA) is 50.7 Å². The summed E-state index contributed by atoms with van der Waals surface area (Å²) in [5.41, 5.74) is 3.08. The number of carbonyl (C=O) groups excluding carboxylic acids is 1. The second kappa shape index (κ2) is 5.39. The van der Waals surface area contributed by atoms with Crippen molar-refractivity contribution in [3.8, 4) is 0 Å². The van der Waals surface area contributed by atoms with Crippen LogP contribution in [-0.2, 0) is 4.74 Å². The van der Waals surface area contributed by atoms with E-state index < -0.39 is 6.09 Å². The number of halogens is 1. The summed E-state index contributed by atoms with van der Waals surface area (Å²) in [6.07, 6.45) is 0.943. The molecule has 1 N–H and O–H groups in total. The van der Waals surface area contributed by atoms with Crippen LogP contribution in [0.25, 0.3) is 0 Å². The number of hydrogen-bond donors (Lipinski definition) is 1. The molecule has 0 aliphatic heterocycles. The molecule has 1 rings (SSSR count). The first kappa shape index (κ1) is 10.7. The van der Waals surface area contributed by atoms with Crippen molar-refractivity contribution < 1.29 is 9.53 Å². The smallest absolute Gasteiger partial charge is 0.427 e. The third-order valence-electron chi connectivity index (χ3n) is 1.40. The van der Waals surface area contributed by atoms with Gasteiger partial charge in [-0.2, -0.15) is 5.10 Å².